The van der Waals surface area contributed by atoms with Gasteiger partial charge >= 0.3 is 0 Å². The van der Waals surface area contributed by atoms with E-state index in [0.717, 1.165) is 38.6 Å². The van der Waals surface area contributed by atoms with Gasteiger partial charge in [0, 0.05) is 32.2 Å². The first kappa shape index (κ1) is 11.7. The Morgan fingerprint density at radius 1 is 1.38 bits per heavy atom. The largest absolute Gasteiger partial charge is 0.409 e. The molecule has 0 aromatic carbocycles. The van der Waals surface area contributed by atoms with Gasteiger partial charge in [-0.2, -0.15) is 0 Å². The standard InChI is InChI=1S/C11H22N4O/c1-2-10(11(12)13-16)15-7-5-14(6-8-15)9-3-4-9/h9-10,16H,2-8H2,1H3,(H2,12,13). The molecule has 0 amide bonds. The van der Waals surface area contributed by atoms with E-state index in [0.29, 0.717) is 5.84 Å². The number of amidine groups is 1. The number of oxime groups is 1. The van der Waals surface area contributed by atoms with Crippen molar-refractivity contribution < 1.29 is 5.21 Å². The number of hydrogen-bond donors (Lipinski definition) is 2. The van der Waals surface area contributed by atoms with Crippen LogP contribution >= 0.6 is 0 Å². The van der Waals surface area contributed by atoms with E-state index in [1.54, 1.807) is 0 Å². The molecule has 5 heteroatoms. The van der Waals surface area contributed by atoms with Crippen molar-refractivity contribution >= 4 is 5.84 Å². The van der Waals surface area contributed by atoms with Crippen LogP contribution in [-0.2, 0) is 0 Å². The number of hydrogen-bond acceptors (Lipinski definition) is 4. The monoisotopic (exact) mass is 226 g/mol. The smallest absolute Gasteiger partial charge is 0.156 e. The summed E-state index contributed by atoms with van der Waals surface area (Å²) in [6.45, 7) is 6.40. The van der Waals surface area contributed by atoms with Gasteiger partial charge in [-0.1, -0.05) is 12.1 Å². The number of rotatable bonds is 4. The van der Waals surface area contributed by atoms with Crippen LogP contribution in [0.3, 0.4) is 0 Å². The summed E-state index contributed by atoms with van der Waals surface area (Å²) in [6.07, 6.45) is 3.65. The molecular formula is C11H22N4O. The third-order valence-corrected chi connectivity index (χ3v) is 3.70. The predicted molar refractivity (Wildman–Crippen MR) is 63.7 cm³/mol. The van der Waals surface area contributed by atoms with Crippen molar-refractivity contribution in [2.75, 3.05) is 26.2 Å². The van der Waals surface area contributed by atoms with Gasteiger partial charge in [0.05, 0.1) is 6.04 Å². The van der Waals surface area contributed by atoms with Gasteiger partial charge in [-0.15, -0.1) is 0 Å². The minimum absolute atomic E-state index is 0.103. The molecule has 1 saturated carbocycles. The molecule has 0 aromatic heterocycles. The summed E-state index contributed by atoms with van der Waals surface area (Å²) in [4.78, 5) is 4.89. The topological polar surface area (TPSA) is 65.1 Å². The SMILES string of the molecule is CCC(C(N)=NO)N1CCN(C2CC2)CC1. The van der Waals surface area contributed by atoms with Crippen LogP contribution < -0.4 is 5.73 Å². The van der Waals surface area contributed by atoms with Crippen molar-refractivity contribution in [3.8, 4) is 0 Å². The Kier molecular flexibility index (Phi) is 3.66. The van der Waals surface area contributed by atoms with Crippen LogP contribution in [0.5, 0.6) is 0 Å². The van der Waals surface area contributed by atoms with E-state index in [1.807, 2.05) is 0 Å². The molecule has 3 N–H and O–H groups in total. The van der Waals surface area contributed by atoms with E-state index in [4.69, 9.17) is 10.9 Å². The van der Waals surface area contributed by atoms with E-state index in [-0.39, 0.29) is 6.04 Å². The van der Waals surface area contributed by atoms with E-state index in [9.17, 15) is 0 Å². The molecule has 0 radical (unpaired) electrons. The molecule has 1 atom stereocenters. The van der Waals surface area contributed by atoms with Crippen LogP contribution in [0.1, 0.15) is 26.2 Å². The zero-order chi connectivity index (χ0) is 11.5. The minimum atomic E-state index is 0.103. The molecule has 1 aliphatic carbocycles. The van der Waals surface area contributed by atoms with E-state index in [1.165, 1.54) is 12.8 Å². The normalized spacial score (nSPS) is 26.9. The van der Waals surface area contributed by atoms with Crippen molar-refractivity contribution in [1.82, 2.24) is 9.80 Å². The molecule has 2 fully saturated rings. The van der Waals surface area contributed by atoms with Gasteiger partial charge in [-0.05, 0) is 19.3 Å². The highest BCUT2D eigenvalue weighted by Crippen LogP contribution is 2.27. The van der Waals surface area contributed by atoms with Crippen LogP contribution in [-0.4, -0.2) is 59.1 Å². The van der Waals surface area contributed by atoms with Crippen molar-refractivity contribution in [3.63, 3.8) is 0 Å². The quantitative estimate of drug-likeness (QED) is 0.313. The molecule has 1 heterocycles. The summed E-state index contributed by atoms with van der Waals surface area (Å²) in [5.74, 6) is 0.349. The number of nitrogens with two attached hydrogens (primary N) is 1. The first-order valence-corrected chi connectivity index (χ1v) is 6.21. The fourth-order valence-electron chi connectivity index (χ4n) is 2.57. The molecule has 1 aliphatic heterocycles. The lowest BCUT2D eigenvalue weighted by Crippen LogP contribution is -2.54. The lowest BCUT2D eigenvalue weighted by atomic mass is 10.1. The van der Waals surface area contributed by atoms with E-state index >= 15 is 0 Å². The average Bonchev–Trinajstić information content (AvgIpc) is 3.14. The molecule has 16 heavy (non-hydrogen) atoms. The number of piperazine rings is 1. The number of nitrogens with zero attached hydrogens (tertiary/aromatic N) is 3. The van der Waals surface area contributed by atoms with Crippen LogP contribution in [0.2, 0.25) is 0 Å². The molecule has 0 bridgehead atoms. The molecule has 0 spiro atoms. The maximum absolute atomic E-state index is 8.74. The Morgan fingerprint density at radius 2 is 2.00 bits per heavy atom. The van der Waals surface area contributed by atoms with Crippen LogP contribution in [0.25, 0.3) is 0 Å². The lowest BCUT2D eigenvalue weighted by Gasteiger charge is -2.38. The lowest BCUT2D eigenvalue weighted by molar-refractivity contribution is 0.109. The zero-order valence-corrected chi connectivity index (χ0v) is 9.97. The van der Waals surface area contributed by atoms with Crippen molar-refractivity contribution in [1.29, 1.82) is 0 Å². The van der Waals surface area contributed by atoms with Gasteiger partial charge in [-0.25, -0.2) is 0 Å². The van der Waals surface area contributed by atoms with Crippen molar-refractivity contribution in [2.24, 2.45) is 10.9 Å². The third-order valence-electron chi connectivity index (χ3n) is 3.70. The zero-order valence-electron chi connectivity index (χ0n) is 9.97. The molecule has 1 saturated heterocycles. The maximum Gasteiger partial charge on any atom is 0.156 e. The summed E-state index contributed by atoms with van der Waals surface area (Å²) in [7, 11) is 0. The Bertz CT molecular complexity index is 257. The fourth-order valence-corrected chi connectivity index (χ4v) is 2.57. The van der Waals surface area contributed by atoms with Gasteiger partial charge in [0.2, 0.25) is 0 Å². The summed E-state index contributed by atoms with van der Waals surface area (Å²) >= 11 is 0. The summed E-state index contributed by atoms with van der Waals surface area (Å²) < 4.78 is 0. The average molecular weight is 226 g/mol. The second-order valence-corrected chi connectivity index (χ2v) is 4.75. The molecule has 2 rings (SSSR count). The third kappa shape index (κ3) is 2.47. The molecule has 0 aromatic rings. The molecular weight excluding hydrogens is 204 g/mol. The summed E-state index contributed by atoms with van der Waals surface area (Å²) in [5, 5.41) is 11.9. The van der Waals surface area contributed by atoms with Gasteiger partial charge in [0.25, 0.3) is 0 Å². The molecule has 1 unspecified atom stereocenters. The Labute approximate surface area is 96.9 Å². The predicted octanol–water partition coefficient (Wildman–Crippen LogP) is 0.291. The first-order chi connectivity index (χ1) is 7.76. The highest BCUT2D eigenvalue weighted by Gasteiger charge is 2.33. The van der Waals surface area contributed by atoms with Gasteiger partial charge in [0.1, 0.15) is 0 Å². The highest BCUT2D eigenvalue weighted by molar-refractivity contribution is 5.85. The Balaban J connectivity index is 1.86. The second-order valence-electron chi connectivity index (χ2n) is 4.75. The Hall–Kier alpha value is -0.810. The molecule has 92 valence electrons. The van der Waals surface area contributed by atoms with Crippen molar-refractivity contribution in [3.05, 3.63) is 0 Å². The van der Waals surface area contributed by atoms with Crippen LogP contribution in [0, 0.1) is 0 Å². The Morgan fingerprint density at radius 3 is 2.44 bits per heavy atom. The first-order valence-electron chi connectivity index (χ1n) is 6.21. The van der Waals surface area contributed by atoms with Gasteiger partial charge in [-0.3, -0.25) is 9.80 Å². The van der Waals surface area contributed by atoms with Gasteiger partial charge in [0.15, 0.2) is 5.84 Å². The van der Waals surface area contributed by atoms with E-state index < -0.39 is 0 Å². The van der Waals surface area contributed by atoms with Crippen LogP contribution in [0.4, 0.5) is 0 Å². The van der Waals surface area contributed by atoms with Crippen molar-refractivity contribution in [2.45, 2.75) is 38.3 Å². The minimum Gasteiger partial charge on any atom is -0.409 e. The summed E-state index contributed by atoms with van der Waals surface area (Å²) in [5.41, 5.74) is 5.71. The maximum atomic E-state index is 8.74. The molecule has 5 nitrogen and oxygen atoms in total. The van der Waals surface area contributed by atoms with Gasteiger partial charge < -0.3 is 10.9 Å². The highest BCUT2D eigenvalue weighted by atomic mass is 16.4. The van der Waals surface area contributed by atoms with Crippen LogP contribution in [0.15, 0.2) is 5.16 Å². The second kappa shape index (κ2) is 5.01. The van der Waals surface area contributed by atoms with E-state index in [2.05, 4.69) is 21.9 Å². The summed E-state index contributed by atoms with van der Waals surface area (Å²) in [6, 6.07) is 0.956. The molecule has 2 aliphatic rings. The fraction of sp³-hybridized carbons (Fsp3) is 0.909.